The molecule has 0 radical (unpaired) electrons. The fourth-order valence-corrected chi connectivity index (χ4v) is 3.13. The predicted octanol–water partition coefficient (Wildman–Crippen LogP) is 1.98. The molecule has 2 rings (SSSR count). The van der Waals surface area contributed by atoms with Crippen molar-refractivity contribution < 1.29 is 14.6 Å². The van der Waals surface area contributed by atoms with Gasteiger partial charge in [-0.15, -0.1) is 0 Å². The van der Waals surface area contributed by atoms with Crippen LogP contribution in [0.4, 0.5) is 0 Å². The molecule has 0 amide bonds. The molecule has 0 bridgehead atoms. The molecule has 96 valence electrons. The second kappa shape index (κ2) is 5.58. The van der Waals surface area contributed by atoms with Gasteiger partial charge >= 0.3 is 5.97 Å². The number of thioether (sulfide) groups is 1. The Morgan fingerprint density at radius 3 is 2.78 bits per heavy atom. The Kier molecular flexibility index (Phi) is 4.08. The number of carbonyl (C=O) groups is 1. The number of hydrogen-bond donors (Lipinski definition) is 1. The first-order valence-corrected chi connectivity index (χ1v) is 6.80. The number of ether oxygens (including phenoxy) is 1. The van der Waals surface area contributed by atoms with Crippen molar-refractivity contribution in [2.45, 2.75) is 12.6 Å². The molecule has 18 heavy (non-hydrogen) atoms. The first-order valence-electron chi connectivity index (χ1n) is 5.41. The largest absolute Gasteiger partial charge is 0.497 e. The molecule has 1 heterocycles. The number of methoxy groups -OCH3 is 1. The second-order valence-corrected chi connectivity index (χ2v) is 5.56. The first-order chi connectivity index (χ1) is 8.61. The molecule has 1 aromatic rings. The van der Waals surface area contributed by atoms with Gasteiger partial charge in [0.05, 0.1) is 7.11 Å². The third-order valence-electron chi connectivity index (χ3n) is 2.77. The molecular weight excluding hydrogens is 270 g/mol. The Bertz CT molecular complexity index is 461. The topological polar surface area (TPSA) is 49.8 Å². The summed E-state index contributed by atoms with van der Waals surface area (Å²) in [6, 6.07) is 7.03. The normalized spacial score (nSPS) is 19.1. The number of carboxylic acids is 1. The highest BCUT2D eigenvalue weighted by molar-refractivity contribution is 8.23. The minimum atomic E-state index is -0.823. The van der Waals surface area contributed by atoms with Crippen molar-refractivity contribution in [3.63, 3.8) is 0 Å². The van der Waals surface area contributed by atoms with E-state index in [1.807, 2.05) is 24.3 Å². The van der Waals surface area contributed by atoms with Crippen LogP contribution in [0.5, 0.6) is 5.75 Å². The van der Waals surface area contributed by atoms with E-state index >= 15 is 0 Å². The molecule has 1 N–H and O–H groups in total. The van der Waals surface area contributed by atoms with Crippen LogP contribution in [0.25, 0.3) is 0 Å². The maximum Gasteiger partial charge on any atom is 0.327 e. The summed E-state index contributed by atoms with van der Waals surface area (Å²) in [5, 5.41) is 9.13. The van der Waals surface area contributed by atoms with E-state index in [0.717, 1.165) is 11.3 Å². The summed E-state index contributed by atoms with van der Waals surface area (Å²) in [4.78, 5) is 12.9. The Hall–Kier alpha value is -1.27. The minimum absolute atomic E-state index is 0.518. The summed E-state index contributed by atoms with van der Waals surface area (Å²) in [6.45, 7) is 0.521. The number of rotatable bonds is 4. The fourth-order valence-electron chi connectivity index (χ4n) is 1.76. The maximum atomic E-state index is 11.1. The molecule has 0 aliphatic carbocycles. The Labute approximate surface area is 115 Å². The van der Waals surface area contributed by atoms with Gasteiger partial charge in [0.25, 0.3) is 0 Å². The molecule has 1 aliphatic rings. The molecule has 4 nitrogen and oxygen atoms in total. The molecule has 1 unspecified atom stereocenters. The second-order valence-electron chi connectivity index (χ2n) is 3.91. The first kappa shape index (κ1) is 13.2. The lowest BCUT2D eigenvalue weighted by atomic mass is 10.2. The highest BCUT2D eigenvalue weighted by atomic mass is 32.2. The van der Waals surface area contributed by atoms with Gasteiger partial charge in [0.1, 0.15) is 16.1 Å². The zero-order chi connectivity index (χ0) is 13.1. The van der Waals surface area contributed by atoms with Crippen LogP contribution in [-0.2, 0) is 11.3 Å². The summed E-state index contributed by atoms with van der Waals surface area (Å²) in [7, 11) is 1.61. The van der Waals surface area contributed by atoms with Gasteiger partial charge in [-0.3, -0.25) is 0 Å². The summed E-state index contributed by atoms with van der Waals surface area (Å²) in [6.07, 6.45) is 0. The average molecular weight is 283 g/mol. The number of hydrogen-bond acceptors (Lipinski definition) is 4. The highest BCUT2D eigenvalue weighted by Crippen LogP contribution is 2.26. The van der Waals surface area contributed by atoms with Gasteiger partial charge in [-0.05, 0) is 17.7 Å². The molecule has 1 saturated heterocycles. The van der Waals surface area contributed by atoms with Gasteiger partial charge in [0.2, 0.25) is 0 Å². The van der Waals surface area contributed by atoms with Gasteiger partial charge in [-0.25, -0.2) is 4.79 Å². The molecular formula is C12H13NO3S2. The van der Waals surface area contributed by atoms with Gasteiger partial charge in [-0.2, -0.15) is 0 Å². The van der Waals surface area contributed by atoms with Crippen LogP contribution in [0.2, 0.25) is 0 Å². The molecule has 0 spiro atoms. The Morgan fingerprint density at radius 1 is 1.56 bits per heavy atom. The Balaban J connectivity index is 2.11. The van der Waals surface area contributed by atoms with E-state index in [2.05, 4.69) is 0 Å². The van der Waals surface area contributed by atoms with Crippen molar-refractivity contribution in [3.8, 4) is 5.75 Å². The van der Waals surface area contributed by atoms with E-state index in [-0.39, 0.29) is 0 Å². The van der Waals surface area contributed by atoms with Crippen LogP contribution < -0.4 is 4.74 Å². The monoisotopic (exact) mass is 283 g/mol. The predicted molar refractivity (Wildman–Crippen MR) is 75.0 cm³/mol. The highest BCUT2D eigenvalue weighted by Gasteiger charge is 2.34. The van der Waals surface area contributed by atoms with Crippen molar-refractivity contribution in [1.29, 1.82) is 0 Å². The van der Waals surface area contributed by atoms with Crippen molar-refractivity contribution in [2.24, 2.45) is 0 Å². The number of nitrogens with zero attached hydrogens (tertiary/aromatic N) is 1. The molecule has 0 aromatic heterocycles. The molecule has 6 heteroatoms. The van der Waals surface area contributed by atoms with E-state index in [1.165, 1.54) is 11.8 Å². The van der Waals surface area contributed by atoms with Crippen LogP contribution in [0, 0.1) is 0 Å². The average Bonchev–Trinajstić information content (AvgIpc) is 2.72. The molecule has 1 aliphatic heterocycles. The number of aliphatic carboxylic acids is 1. The van der Waals surface area contributed by atoms with Gasteiger partial charge in [0.15, 0.2) is 0 Å². The third-order valence-corrected chi connectivity index (χ3v) is 4.32. The standard InChI is InChI=1S/C12H13NO3S2/c1-16-9-4-2-8(3-5-9)6-13-10(11(14)15)7-18-12(13)17/h2-5,10H,6-7H2,1H3,(H,14,15). The summed E-state index contributed by atoms with van der Waals surface area (Å²) >= 11 is 6.61. The van der Waals surface area contributed by atoms with Crippen LogP contribution in [-0.4, -0.2) is 39.2 Å². The van der Waals surface area contributed by atoms with E-state index < -0.39 is 12.0 Å². The van der Waals surface area contributed by atoms with E-state index in [4.69, 9.17) is 22.1 Å². The third kappa shape index (κ3) is 2.76. The smallest absolute Gasteiger partial charge is 0.327 e. The quantitative estimate of drug-likeness (QED) is 0.853. The lowest BCUT2D eigenvalue weighted by Crippen LogP contribution is -2.38. The number of benzene rings is 1. The fraction of sp³-hybridized carbons (Fsp3) is 0.333. The van der Waals surface area contributed by atoms with Gasteiger partial charge in [0, 0.05) is 12.3 Å². The van der Waals surface area contributed by atoms with Crippen molar-refractivity contribution in [2.75, 3.05) is 12.9 Å². The van der Waals surface area contributed by atoms with Crippen LogP contribution in [0.3, 0.4) is 0 Å². The molecule has 0 saturated carbocycles. The van der Waals surface area contributed by atoms with Crippen molar-refractivity contribution in [1.82, 2.24) is 4.90 Å². The van der Waals surface area contributed by atoms with Gasteiger partial charge < -0.3 is 14.7 Å². The van der Waals surface area contributed by atoms with Crippen molar-refractivity contribution in [3.05, 3.63) is 29.8 Å². The molecule has 1 fully saturated rings. The minimum Gasteiger partial charge on any atom is -0.497 e. The van der Waals surface area contributed by atoms with Crippen molar-refractivity contribution >= 4 is 34.3 Å². The SMILES string of the molecule is COc1ccc(CN2C(=S)SCC2C(=O)O)cc1. The zero-order valence-electron chi connectivity index (χ0n) is 9.83. The summed E-state index contributed by atoms with van der Waals surface area (Å²) in [5.74, 6) is 0.479. The molecule has 1 aromatic carbocycles. The van der Waals surface area contributed by atoms with Crippen LogP contribution in [0.1, 0.15) is 5.56 Å². The van der Waals surface area contributed by atoms with Crippen LogP contribution in [0.15, 0.2) is 24.3 Å². The Morgan fingerprint density at radius 2 is 2.22 bits per heavy atom. The summed E-state index contributed by atoms with van der Waals surface area (Å²) < 4.78 is 5.73. The van der Waals surface area contributed by atoms with Crippen LogP contribution >= 0.6 is 24.0 Å². The van der Waals surface area contributed by atoms with E-state index in [0.29, 0.717) is 16.6 Å². The maximum absolute atomic E-state index is 11.1. The molecule has 1 atom stereocenters. The van der Waals surface area contributed by atoms with Gasteiger partial charge in [-0.1, -0.05) is 36.1 Å². The summed E-state index contributed by atoms with van der Waals surface area (Å²) in [5.41, 5.74) is 1.02. The number of carboxylic acid groups (broad SMARTS) is 1. The van der Waals surface area contributed by atoms with E-state index in [1.54, 1.807) is 12.0 Å². The lowest BCUT2D eigenvalue weighted by molar-refractivity contribution is -0.140. The lowest BCUT2D eigenvalue weighted by Gasteiger charge is -2.22. The zero-order valence-corrected chi connectivity index (χ0v) is 11.5. The van der Waals surface area contributed by atoms with E-state index in [9.17, 15) is 4.79 Å². The number of thiocarbonyl (C=S) groups is 1.